The lowest BCUT2D eigenvalue weighted by molar-refractivity contribution is -0.142. The largest absolute Gasteiger partial charge is 0.508 e. The lowest BCUT2D eigenvalue weighted by Gasteiger charge is -2.22. The van der Waals surface area contributed by atoms with Crippen molar-refractivity contribution in [3.8, 4) is 5.75 Å². The van der Waals surface area contributed by atoms with Crippen molar-refractivity contribution in [3.63, 3.8) is 0 Å². The number of alkyl carbamates (subject to hydrolysis) is 1. The maximum absolute atomic E-state index is 12.8. The summed E-state index contributed by atoms with van der Waals surface area (Å²) in [4.78, 5) is 45.8. The van der Waals surface area contributed by atoms with E-state index in [0.717, 1.165) is 5.56 Å². The first kappa shape index (κ1) is 29.4. The summed E-state index contributed by atoms with van der Waals surface area (Å²) in [6, 6.07) is 13.1. The van der Waals surface area contributed by atoms with Gasteiger partial charge in [0.05, 0.1) is 0 Å². The number of carbonyl (C=O) groups excluding carboxylic acids is 3. The minimum Gasteiger partial charge on any atom is -0.508 e. The Bertz CT molecular complexity index is 962. The molecular formula is C25H31ClN2O7. The third-order valence-electron chi connectivity index (χ3n) is 4.52. The fourth-order valence-electron chi connectivity index (χ4n) is 2.95. The van der Waals surface area contributed by atoms with Crippen molar-refractivity contribution in [3.05, 3.63) is 65.7 Å². The zero-order valence-electron chi connectivity index (χ0n) is 19.9. The van der Waals surface area contributed by atoms with Crippen LogP contribution in [0, 0.1) is 5.92 Å². The predicted octanol–water partition coefficient (Wildman–Crippen LogP) is 3.62. The molecular weight excluding hydrogens is 476 g/mol. The van der Waals surface area contributed by atoms with E-state index in [1.807, 2.05) is 44.2 Å². The molecule has 4 N–H and O–H groups in total. The van der Waals surface area contributed by atoms with Crippen molar-refractivity contribution >= 4 is 34.8 Å². The number of aromatic hydroxyl groups is 1. The minimum atomic E-state index is -1.20. The van der Waals surface area contributed by atoms with E-state index in [2.05, 4.69) is 22.2 Å². The summed E-state index contributed by atoms with van der Waals surface area (Å²) < 4.78 is 5.18. The molecule has 0 aliphatic rings. The van der Waals surface area contributed by atoms with Crippen molar-refractivity contribution in [2.45, 2.75) is 52.3 Å². The third kappa shape index (κ3) is 13.0. The molecule has 2 unspecified atom stereocenters. The molecule has 2 rings (SSSR count). The molecule has 0 saturated carbocycles. The summed E-state index contributed by atoms with van der Waals surface area (Å²) in [5.74, 6) is -1.66. The number of phenolic OH excluding ortho intramolecular Hbond substituents is 1. The molecule has 9 nitrogen and oxygen atoms in total. The number of carboxylic acid groups (broad SMARTS) is 1. The molecule has 0 radical (unpaired) electrons. The van der Waals surface area contributed by atoms with Crippen molar-refractivity contribution in [1.29, 1.82) is 0 Å². The van der Waals surface area contributed by atoms with Crippen LogP contribution in [0.25, 0.3) is 0 Å². The molecule has 0 spiro atoms. The van der Waals surface area contributed by atoms with Gasteiger partial charge in [-0.05, 0) is 47.2 Å². The summed E-state index contributed by atoms with van der Waals surface area (Å²) in [6.07, 6.45) is -0.401. The van der Waals surface area contributed by atoms with E-state index in [4.69, 9.17) is 4.74 Å². The fraction of sp³-hybridized carbons (Fsp3) is 0.360. The number of hydrogen-bond donors (Lipinski definition) is 4. The van der Waals surface area contributed by atoms with Gasteiger partial charge in [0.15, 0.2) is 0 Å². The lowest BCUT2D eigenvalue weighted by Crippen LogP contribution is -2.52. The summed E-state index contributed by atoms with van der Waals surface area (Å²) in [5, 5.41) is 23.5. The Morgan fingerprint density at radius 2 is 1.49 bits per heavy atom. The van der Waals surface area contributed by atoms with Crippen molar-refractivity contribution in [1.82, 2.24) is 10.6 Å². The predicted molar refractivity (Wildman–Crippen MR) is 131 cm³/mol. The Balaban J connectivity index is 0.00000142. The Morgan fingerprint density at radius 3 is 2.00 bits per heavy atom. The Kier molecular flexibility index (Phi) is 12.9. The minimum absolute atomic E-state index is 0.0359. The van der Waals surface area contributed by atoms with Gasteiger partial charge in [0.2, 0.25) is 11.1 Å². The molecule has 2 aromatic rings. The van der Waals surface area contributed by atoms with Gasteiger partial charge >= 0.3 is 12.1 Å². The lowest BCUT2D eigenvalue weighted by atomic mass is 10.0. The van der Waals surface area contributed by atoms with Crippen molar-refractivity contribution in [2.24, 2.45) is 5.92 Å². The van der Waals surface area contributed by atoms with Gasteiger partial charge in [-0.3, -0.25) is 9.59 Å². The number of ether oxygens (including phenoxy) is 1. The van der Waals surface area contributed by atoms with E-state index in [0.29, 0.717) is 12.0 Å². The first-order valence-electron chi connectivity index (χ1n) is 10.9. The van der Waals surface area contributed by atoms with Crippen LogP contribution in [0.15, 0.2) is 54.6 Å². The molecule has 2 atom stereocenters. The Labute approximate surface area is 209 Å². The van der Waals surface area contributed by atoms with Gasteiger partial charge < -0.3 is 25.6 Å². The molecule has 2 aromatic carbocycles. The third-order valence-corrected chi connectivity index (χ3v) is 4.52. The van der Waals surface area contributed by atoms with Crippen LogP contribution < -0.4 is 10.6 Å². The smallest absolute Gasteiger partial charge is 0.408 e. The second-order valence-corrected chi connectivity index (χ2v) is 8.66. The number of benzene rings is 2. The van der Waals surface area contributed by atoms with Crippen LogP contribution in [0.5, 0.6) is 5.75 Å². The van der Waals surface area contributed by atoms with Crippen molar-refractivity contribution in [2.75, 3.05) is 0 Å². The monoisotopic (exact) mass is 506 g/mol. The van der Waals surface area contributed by atoms with Gasteiger partial charge in [-0.25, -0.2) is 9.59 Å². The number of carbonyl (C=O) groups is 4. The number of aliphatic carboxylic acids is 1. The summed E-state index contributed by atoms with van der Waals surface area (Å²) in [5.41, 5.74) is 1.45. The highest BCUT2D eigenvalue weighted by molar-refractivity contribution is 6.62. The van der Waals surface area contributed by atoms with E-state index in [-0.39, 0.29) is 29.9 Å². The molecule has 0 aliphatic carbocycles. The van der Waals surface area contributed by atoms with E-state index in [1.54, 1.807) is 12.1 Å². The second kappa shape index (κ2) is 15.3. The van der Waals surface area contributed by atoms with Crippen LogP contribution in [0.3, 0.4) is 0 Å². The van der Waals surface area contributed by atoms with E-state index in [9.17, 15) is 29.4 Å². The summed E-state index contributed by atoms with van der Waals surface area (Å²) >= 11 is 4.64. The second-order valence-electron chi connectivity index (χ2n) is 8.13. The number of rotatable bonds is 10. The highest BCUT2D eigenvalue weighted by atomic mass is 35.5. The van der Waals surface area contributed by atoms with E-state index >= 15 is 0 Å². The number of nitrogens with one attached hydrogen (secondary N) is 2. The zero-order chi connectivity index (χ0) is 26.4. The number of amides is 2. The fourth-order valence-corrected chi connectivity index (χ4v) is 2.95. The summed E-state index contributed by atoms with van der Waals surface area (Å²) in [6.45, 7) is 5.13. The number of halogens is 1. The standard InChI is InChI=1S/C23H28N2O6.C2H3ClO/c1-15(2)12-19(25-23(30)31-14-17-6-4-3-5-7-17)21(27)24-20(22(28)29)13-16-8-10-18(26)11-9-16;1-2(3)4/h3-11,15,19-20,26H,12-14H2,1-2H3,(H,24,27)(H,25,30)(H,28,29);1H3. The van der Waals surface area contributed by atoms with Crippen LogP contribution in [0.2, 0.25) is 0 Å². The number of hydrogen-bond acceptors (Lipinski definition) is 6. The number of carboxylic acids is 1. The molecule has 0 aliphatic heterocycles. The Hall–Kier alpha value is -3.59. The molecule has 35 heavy (non-hydrogen) atoms. The Morgan fingerprint density at radius 1 is 0.914 bits per heavy atom. The van der Waals surface area contributed by atoms with Crippen LogP contribution in [0.1, 0.15) is 38.3 Å². The maximum Gasteiger partial charge on any atom is 0.408 e. The highest BCUT2D eigenvalue weighted by Crippen LogP contribution is 2.12. The molecule has 190 valence electrons. The van der Waals surface area contributed by atoms with Gasteiger partial charge in [0.1, 0.15) is 24.4 Å². The average molecular weight is 507 g/mol. The molecule has 0 aromatic heterocycles. The van der Waals surface area contributed by atoms with Gasteiger partial charge in [-0.1, -0.05) is 56.3 Å². The van der Waals surface area contributed by atoms with Gasteiger partial charge in [0, 0.05) is 13.3 Å². The highest BCUT2D eigenvalue weighted by Gasteiger charge is 2.27. The molecule has 10 heteroatoms. The van der Waals surface area contributed by atoms with Crippen LogP contribution in [-0.4, -0.2) is 45.5 Å². The summed E-state index contributed by atoms with van der Waals surface area (Å²) in [7, 11) is 0. The zero-order valence-corrected chi connectivity index (χ0v) is 20.6. The van der Waals surface area contributed by atoms with E-state index < -0.39 is 30.1 Å². The first-order chi connectivity index (χ1) is 16.5. The topological polar surface area (TPSA) is 142 Å². The van der Waals surface area contributed by atoms with Gasteiger partial charge in [-0.2, -0.15) is 0 Å². The SMILES string of the molecule is CC(=O)Cl.CC(C)CC(NC(=O)OCc1ccccc1)C(=O)NC(Cc1ccc(O)cc1)C(=O)O. The van der Waals surface area contributed by atoms with Crippen molar-refractivity contribution < 1.29 is 34.1 Å². The molecule has 0 fully saturated rings. The van der Waals surface area contributed by atoms with Crippen LogP contribution in [-0.2, 0) is 32.1 Å². The average Bonchev–Trinajstić information content (AvgIpc) is 2.78. The van der Waals surface area contributed by atoms with Crippen LogP contribution >= 0.6 is 11.6 Å². The normalized spacial score (nSPS) is 11.9. The molecule has 0 bridgehead atoms. The molecule has 0 heterocycles. The first-order valence-corrected chi connectivity index (χ1v) is 11.3. The van der Waals surface area contributed by atoms with E-state index in [1.165, 1.54) is 19.1 Å². The number of phenols is 1. The molecule has 2 amide bonds. The van der Waals surface area contributed by atoms with Crippen LogP contribution in [0.4, 0.5) is 4.79 Å². The quantitative estimate of drug-likeness (QED) is 0.360. The maximum atomic E-state index is 12.8. The van der Waals surface area contributed by atoms with Gasteiger partial charge in [0.25, 0.3) is 0 Å². The van der Waals surface area contributed by atoms with Gasteiger partial charge in [-0.15, -0.1) is 0 Å². The molecule has 0 saturated heterocycles.